The molecule has 3 rings (SSSR count). The predicted molar refractivity (Wildman–Crippen MR) is 103 cm³/mol. The Morgan fingerprint density at radius 3 is 2.48 bits per heavy atom. The summed E-state index contributed by atoms with van der Waals surface area (Å²) < 4.78 is 12.4. The third-order valence-corrected chi connectivity index (χ3v) is 4.42. The van der Waals surface area contributed by atoms with Crippen LogP contribution in [0.2, 0.25) is 0 Å². The number of benzene rings is 2. The number of nitrogens with one attached hydrogen (secondary N) is 1. The van der Waals surface area contributed by atoms with Crippen LogP contribution in [0.3, 0.4) is 0 Å². The summed E-state index contributed by atoms with van der Waals surface area (Å²) in [6.07, 6.45) is 3.45. The standard InChI is InChI=1S/C21H23N3O3/c1-15(18-14-17(26-2)10-11-19(18)27-3)23-21(25)20(24-13-7-12-22-24)16-8-5-4-6-9-16/h4-15,20H,1-3H3,(H,23,25). The van der Waals surface area contributed by atoms with E-state index in [1.807, 2.05) is 55.5 Å². The summed E-state index contributed by atoms with van der Waals surface area (Å²) in [4.78, 5) is 13.1. The molecule has 1 N–H and O–H groups in total. The van der Waals surface area contributed by atoms with Crippen LogP contribution >= 0.6 is 0 Å². The third-order valence-electron chi connectivity index (χ3n) is 4.42. The molecule has 0 fully saturated rings. The molecule has 6 nitrogen and oxygen atoms in total. The summed E-state index contributed by atoms with van der Waals surface area (Å²) >= 11 is 0. The topological polar surface area (TPSA) is 65.4 Å². The summed E-state index contributed by atoms with van der Waals surface area (Å²) in [7, 11) is 3.22. The smallest absolute Gasteiger partial charge is 0.249 e. The van der Waals surface area contributed by atoms with Gasteiger partial charge in [0.1, 0.15) is 11.5 Å². The second kappa shape index (κ2) is 8.40. The zero-order chi connectivity index (χ0) is 19.2. The first-order valence-electron chi connectivity index (χ1n) is 8.70. The van der Waals surface area contributed by atoms with Crippen molar-refractivity contribution in [2.24, 2.45) is 0 Å². The number of rotatable bonds is 7. The van der Waals surface area contributed by atoms with Crippen LogP contribution in [-0.4, -0.2) is 29.9 Å². The van der Waals surface area contributed by atoms with Crippen LogP contribution in [0.5, 0.6) is 11.5 Å². The highest BCUT2D eigenvalue weighted by atomic mass is 16.5. The van der Waals surface area contributed by atoms with Crippen molar-refractivity contribution < 1.29 is 14.3 Å². The fourth-order valence-electron chi connectivity index (χ4n) is 3.04. The number of methoxy groups -OCH3 is 2. The van der Waals surface area contributed by atoms with Crippen LogP contribution in [0.25, 0.3) is 0 Å². The molecule has 140 valence electrons. The number of nitrogens with zero attached hydrogens (tertiary/aromatic N) is 2. The minimum absolute atomic E-state index is 0.151. The van der Waals surface area contributed by atoms with Crippen molar-refractivity contribution in [3.05, 3.63) is 78.1 Å². The van der Waals surface area contributed by atoms with E-state index in [0.29, 0.717) is 11.5 Å². The minimum atomic E-state index is -0.555. The van der Waals surface area contributed by atoms with Gasteiger partial charge in [-0.25, -0.2) is 0 Å². The van der Waals surface area contributed by atoms with E-state index in [2.05, 4.69) is 10.4 Å². The highest BCUT2D eigenvalue weighted by Crippen LogP contribution is 2.30. The average Bonchev–Trinajstić information content (AvgIpc) is 3.22. The van der Waals surface area contributed by atoms with Crippen molar-refractivity contribution in [3.8, 4) is 11.5 Å². The van der Waals surface area contributed by atoms with E-state index in [9.17, 15) is 4.79 Å². The molecule has 0 aliphatic carbocycles. The quantitative estimate of drug-likeness (QED) is 0.697. The molecule has 0 saturated carbocycles. The average molecular weight is 365 g/mol. The van der Waals surface area contributed by atoms with Gasteiger partial charge in [0.15, 0.2) is 6.04 Å². The monoisotopic (exact) mass is 365 g/mol. The Hall–Kier alpha value is -3.28. The van der Waals surface area contributed by atoms with Crippen molar-refractivity contribution in [2.75, 3.05) is 14.2 Å². The van der Waals surface area contributed by atoms with Gasteiger partial charge in [-0.1, -0.05) is 30.3 Å². The molecule has 0 spiro atoms. The Morgan fingerprint density at radius 1 is 1.07 bits per heavy atom. The maximum Gasteiger partial charge on any atom is 0.249 e. The second-order valence-corrected chi connectivity index (χ2v) is 6.14. The van der Waals surface area contributed by atoms with Gasteiger partial charge in [0.2, 0.25) is 5.91 Å². The molecule has 27 heavy (non-hydrogen) atoms. The highest BCUT2D eigenvalue weighted by molar-refractivity contribution is 5.84. The highest BCUT2D eigenvalue weighted by Gasteiger charge is 2.25. The van der Waals surface area contributed by atoms with E-state index in [1.54, 1.807) is 37.4 Å². The van der Waals surface area contributed by atoms with Crippen LogP contribution in [0.15, 0.2) is 67.0 Å². The Labute approximate surface area is 158 Å². The van der Waals surface area contributed by atoms with Gasteiger partial charge in [-0.3, -0.25) is 9.48 Å². The van der Waals surface area contributed by atoms with Gasteiger partial charge in [0.25, 0.3) is 0 Å². The number of ether oxygens (including phenoxy) is 2. The zero-order valence-electron chi connectivity index (χ0n) is 15.6. The Bertz CT molecular complexity index is 879. The van der Waals surface area contributed by atoms with Gasteiger partial charge in [0.05, 0.1) is 20.3 Å². The maximum atomic E-state index is 13.1. The number of amides is 1. The molecule has 0 saturated heterocycles. The maximum absolute atomic E-state index is 13.1. The van der Waals surface area contributed by atoms with Gasteiger partial charge >= 0.3 is 0 Å². The van der Waals surface area contributed by atoms with E-state index in [1.165, 1.54) is 0 Å². The molecule has 2 unspecified atom stereocenters. The number of aromatic nitrogens is 2. The van der Waals surface area contributed by atoms with Gasteiger partial charge in [-0.2, -0.15) is 5.10 Å². The minimum Gasteiger partial charge on any atom is -0.497 e. The SMILES string of the molecule is COc1ccc(OC)c(C(C)NC(=O)C(c2ccccc2)n2cccn2)c1. The first-order valence-corrected chi connectivity index (χ1v) is 8.70. The fourth-order valence-corrected chi connectivity index (χ4v) is 3.04. The summed E-state index contributed by atoms with van der Waals surface area (Å²) in [5, 5.41) is 7.34. The molecule has 1 aromatic heterocycles. The van der Waals surface area contributed by atoms with E-state index >= 15 is 0 Å². The number of hydrogen-bond acceptors (Lipinski definition) is 4. The van der Waals surface area contributed by atoms with Crippen molar-refractivity contribution in [3.63, 3.8) is 0 Å². The summed E-state index contributed by atoms with van der Waals surface area (Å²) in [5.74, 6) is 1.25. The Morgan fingerprint density at radius 2 is 1.85 bits per heavy atom. The number of hydrogen-bond donors (Lipinski definition) is 1. The van der Waals surface area contributed by atoms with Crippen LogP contribution in [0.4, 0.5) is 0 Å². The first-order chi connectivity index (χ1) is 13.1. The normalized spacial score (nSPS) is 12.9. The second-order valence-electron chi connectivity index (χ2n) is 6.14. The lowest BCUT2D eigenvalue weighted by Crippen LogP contribution is -2.35. The van der Waals surface area contributed by atoms with Crippen LogP contribution in [0.1, 0.15) is 30.1 Å². The summed E-state index contributed by atoms with van der Waals surface area (Å²) in [5.41, 5.74) is 1.71. The van der Waals surface area contributed by atoms with Crippen LogP contribution in [0, 0.1) is 0 Å². The fraction of sp³-hybridized carbons (Fsp3) is 0.238. The van der Waals surface area contributed by atoms with Crippen molar-refractivity contribution in [1.82, 2.24) is 15.1 Å². The molecular weight excluding hydrogens is 342 g/mol. The molecule has 0 aliphatic rings. The van der Waals surface area contributed by atoms with E-state index in [-0.39, 0.29) is 11.9 Å². The molecule has 0 radical (unpaired) electrons. The molecule has 0 bridgehead atoms. The van der Waals surface area contributed by atoms with E-state index in [0.717, 1.165) is 11.1 Å². The molecule has 1 heterocycles. The summed E-state index contributed by atoms with van der Waals surface area (Å²) in [6.45, 7) is 1.92. The van der Waals surface area contributed by atoms with Crippen molar-refractivity contribution in [1.29, 1.82) is 0 Å². The Kier molecular flexibility index (Phi) is 5.76. The lowest BCUT2D eigenvalue weighted by molar-refractivity contribution is -0.124. The van der Waals surface area contributed by atoms with Crippen LogP contribution in [-0.2, 0) is 4.79 Å². The van der Waals surface area contributed by atoms with Gasteiger partial charge in [0, 0.05) is 18.0 Å². The van der Waals surface area contributed by atoms with Gasteiger partial charge in [-0.05, 0) is 36.8 Å². The van der Waals surface area contributed by atoms with Gasteiger partial charge in [-0.15, -0.1) is 0 Å². The molecule has 3 aromatic rings. The van der Waals surface area contributed by atoms with Crippen molar-refractivity contribution >= 4 is 5.91 Å². The molecule has 2 aromatic carbocycles. The lowest BCUT2D eigenvalue weighted by atomic mass is 10.0. The largest absolute Gasteiger partial charge is 0.497 e. The lowest BCUT2D eigenvalue weighted by Gasteiger charge is -2.22. The number of carbonyl (C=O) groups is 1. The molecule has 6 heteroatoms. The molecule has 1 amide bonds. The zero-order valence-corrected chi connectivity index (χ0v) is 15.6. The third kappa shape index (κ3) is 4.11. The van der Waals surface area contributed by atoms with Crippen molar-refractivity contribution in [2.45, 2.75) is 19.0 Å². The predicted octanol–water partition coefficient (Wildman–Crippen LogP) is 3.37. The van der Waals surface area contributed by atoms with E-state index in [4.69, 9.17) is 9.47 Å². The molecular formula is C21H23N3O3. The molecule has 0 aliphatic heterocycles. The van der Waals surface area contributed by atoms with E-state index < -0.39 is 6.04 Å². The number of carbonyl (C=O) groups excluding carboxylic acids is 1. The Balaban J connectivity index is 1.88. The summed E-state index contributed by atoms with van der Waals surface area (Å²) in [6, 6.07) is 16.1. The van der Waals surface area contributed by atoms with Crippen LogP contribution < -0.4 is 14.8 Å². The first kappa shape index (κ1) is 18.5. The van der Waals surface area contributed by atoms with Gasteiger partial charge < -0.3 is 14.8 Å². The molecule has 2 atom stereocenters.